The maximum absolute atomic E-state index is 12.0. The Morgan fingerprint density at radius 1 is 1.21 bits per heavy atom. The molecular weight excluding hydrogens is 201 g/mol. The minimum absolute atomic E-state index is 0.0621. The second-order valence-corrected chi connectivity index (χ2v) is 3.17. The van der Waals surface area contributed by atoms with Crippen molar-refractivity contribution in [2.24, 2.45) is 5.41 Å². The third kappa shape index (κ3) is 2.71. The summed E-state index contributed by atoms with van der Waals surface area (Å²) in [5.41, 5.74) is -2.17. The molecule has 3 nitrogen and oxygen atoms in total. The van der Waals surface area contributed by atoms with E-state index in [9.17, 15) is 22.8 Å². The summed E-state index contributed by atoms with van der Waals surface area (Å²) in [5.74, 6) is -3.26. The van der Waals surface area contributed by atoms with Crippen LogP contribution < -0.4 is 0 Å². The van der Waals surface area contributed by atoms with Crippen LogP contribution in [0.1, 0.15) is 20.8 Å². The number of hydrogen-bond donors (Lipinski definition) is 0. The zero-order chi connectivity index (χ0) is 11.6. The second-order valence-electron chi connectivity index (χ2n) is 3.17. The molecule has 0 rings (SSSR count). The van der Waals surface area contributed by atoms with E-state index in [-0.39, 0.29) is 6.61 Å². The van der Waals surface area contributed by atoms with Crippen molar-refractivity contribution < 1.29 is 27.5 Å². The third-order valence-corrected chi connectivity index (χ3v) is 1.61. The molecule has 0 aromatic carbocycles. The van der Waals surface area contributed by atoms with Gasteiger partial charge in [0.1, 0.15) is 5.41 Å². The molecule has 0 fully saturated rings. The van der Waals surface area contributed by atoms with Crippen LogP contribution in [-0.4, -0.2) is 24.5 Å². The molecule has 14 heavy (non-hydrogen) atoms. The number of Topliss-reactive ketones (excluding diaryl/α,β-unsaturated/α-hetero) is 1. The van der Waals surface area contributed by atoms with Crippen molar-refractivity contribution in [3.8, 4) is 0 Å². The Morgan fingerprint density at radius 2 is 1.64 bits per heavy atom. The Kier molecular flexibility index (Phi) is 3.67. The molecular formula is C8H11F3O3. The van der Waals surface area contributed by atoms with Gasteiger partial charge in [-0.25, -0.2) is 0 Å². The number of rotatable bonds is 3. The highest BCUT2D eigenvalue weighted by Crippen LogP contribution is 2.30. The van der Waals surface area contributed by atoms with Crippen LogP contribution in [0, 0.1) is 5.41 Å². The summed E-state index contributed by atoms with van der Waals surface area (Å²) >= 11 is 0. The number of hydrogen-bond acceptors (Lipinski definition) is 3. The number of carbonyl (C=O) groups is 2. The van der Waals surface area contributed by atoms with E-state index in [1.807, 2.05) is 0 Å². The first-order valence-corrected chi connectivity index (χ1v) is 3.93. The fourth-order valence-electron chi connectivity index (χ4n) is 0.759. The van der Waals surface area contributed by atoms with Gasteiger partial charge >= 0.3 is 12.1 Å². The molecule has 0 bridgehead atoms. The molecule has 0 saturated heterocycles. The molecule has 0 aliphatic rings. The molecule has 0 aromatic heterocycles. The summed E-state index contributed by atoms with van der Waals surface area (Å²) in [4.78, 5) is 21.8. The Balaban J connectivity index is 4.79. The van der Waals surface area contributed by atoms with Gasteiger partial charge in [0.05, 0.1) is 6.61 Å². The maximum Gasteiger partial charge on any atom is 0.451 e. The molecule has 0 atom stereocenters. The fourth-order valence-corrected chi connectivity index (χ4v) is 0.759. The molecule has 0 radical (unpaired) electrons. The number of halogens is 3. The lowest BCUT2D eigenvalue weighted by molar-refractivity contribution is -0.187. The Hall–Kier alpha value is -1.07. The molecule has 0 N–H and O–H groups in total. The number of ketones is 1. The van der Waals surface area contributed by atoms with Crippen molar-refractivity contribution in [1.82, 2.24) is 0 Å². The van der Waals surface area contributed by atoms with Gasteiger partial charge in [0.15, 0.2) is 0 Å². The average Bonchev–Trinajstić information content (AvgIpc) is 2.01. The SMILES string of the molecule is CCOC(=O)C(C)(C)C(=O)C(F)(F)F. The van der Waals surface area contributed by atoms with Gasteiger partial charge < -0.3 is 4.74 Å². The Bertz CT molecular complexity index is 243. The lowest BCUT2D eigenvalue weighted by atomic mass is 9.88. The van der Waals surface area contributed by atoms with E-state index in [2.05, 4.69) is 4.74 Å². The maximum atomic E-state index is 12.0. The van der Waals surface area contributed by atoms with Crippen molar-refractivity contribution in [1.29, 1.82) is 0 Å². The number of carbonyl (C=O) groups excluding carboxylic acids is 2. The van der Waals surface area contributed by atoms with Crippen LogP contribution in [0.15, 0.2) is 0 Å². The molecule has 0 amide bonds. The van der Waals surface area contributed by atoms with E-state index in [0.29, 0.717) is 0 Å². The lowest BCUT2D eigenvalue weighted by Gasteiger charge is -2.21. The first-order chi connectivity index (χ1) is 6.14. The van der Waals surface area contributed by atoms with Crippen LogP contribution in [0.2, 0.25) is 0 Å². The first kappa shape index (κ1) is 12.9. The quantitative estimate of drug-likeness (QED) is 0.528. The van der Waals surface area contributed by atoms with Crippen LogP contribution in [0.4, 0.5) is 13.2 Å². The molecule has 0 aromatic rings. The molecule has 0 spiro atoms. The normalized spacial score (nSPS) is 12.4. The molecule has 0 saturated carbocycles. The lowest BCUT2D eigenvalue weighted by Crippen LogP contribution is -2.43. The topological polar surface area (TPSA) is 43.4 Å². The Labute approximate surface area is 79.2 Å². The summed E-state index contributed by atoms with van der Waals surface area (Å²) in [6.07, 6.45) is -5.02. The summed E-state index contributed by atoms with van der Waals surface area (Å²) < 4.78 is 40.3. The minimum atomic E-state index is -5.02. The fraction of sp³-hybridized carbons (Fsp3) is 0.750. The molecule has 0 heterocycles. The molecule has 0 aliphatic carbocycles. The van der Waals surface area contributed by atoms with Gasteiger partial charge in [-0.3, -0.25) is 9.59 Å². The predicted molar refractivity (Wildman–Crippen MR) is 41.5 cm³/mol. The van der Waals surface area contributed by atoms with Gasteiger partial charge in [0, 0.05) is 0 Å². The van der Waals surface area contributed by atoms with Crippen molar-refractivity contribution in [2.45, 2.75) is 26.9 Å². The van der Waals surface area contributed by atoms with Crippen LogP contribution >= 0.6 is 0 Å². The Morgan fingerprint density at radius 3 is 1.93 bits per heavy atom. The molecule has 82 valence electrons. The van der Waals surface area contributed by atoms with Gasteiger partial charge in [0.25, 0.3) is 5.78 Å². The highest BCUT2D eigenvalue weighted by molar-refractivity contribution is 6.05. The van der Waals surface area contributed by atoms with Gasteiger partial charge in [-0.1, -0.05) is 0 Å². The molecule has 0 unspecified atom stereocenters. The van der Waals surface area contributed by atoms with E-state index < -0.39 is 23.3 Å². The third-order valence-electron chi connectivity index (χ3n) is 1.61. The average molecular weight is 212 g/mol. The number of esters is 1. The van der Waals surface area contributed by atoms with Crippen molar-refractivity contribution in [2.75, 3.05) is 6.61 Å². The van der Waals surface area contributed by atoms with Gasteiger partial charge in [-0.2, -0.15) is 13.2 Å². The highest BCUT2D eigenvalue weighted by atomic mass is 19.4. The van der Waals surface area contributed by atoms with E-state index in [4.69, 9.17) is 0 Å². The second kappa shape index (κ2) is 3.98. The van der Waals surface area contributed by atoms with Gasteiger partial charge in [-0.05, 0) is 20.8 Å². The highest BCUT2D eigenvalue weighted by Gasteiger charge is 2.52. The van der Waals surface area contributed by atoms with E-state index >= 15 is 0 Å². The smallest absolute Gasteiger partial charge is 0.451 e. The summed E-state index contributed by atoms with van der Waals surface area (Å²) in [7, 11) is 0. The van der Waals surface area contributed by atoms with E-state index in [1.165, 1.54) is 6.92 Å². The monoisotopic (exact) mass is 212 g/mol. The predicted octanol–water partition coefficient (Wildman–Crippen LogP) is 1.71. The van der Waals surface area contributed by atoms with Crippen LogP contribution in [0.25, 0.3) is 0 Å². The van der Waals surface area contributed by atoms with Crippen molar-refractivity contribution in [3.05, 3.63) is 0 Å². The zero-order valence-electron chi connectivity index (χ0n) is 8.07. The molecule has 0 aliphatic heterocycles. The van der Waals surface area contributed by atoms with Crippen molar-refractivity contribution >= 4 is 11.8 Å². The van der Waals surface area contributed by atoms with Gasteiger partial charge in [-0.15, -0.1) is 0 Å². The zero-order valence-corrected chi connectivity index (χ0v) is 8.07. The number of alkyl halides is 3. The summed E-state index contributed by atoms with van der Waals surface area (Å²) in [6.45, 7) is 3.17. The van der Waals surface area contributed by atoms with Gasteiger partial charge in [0.2, 0.25) is 0 Å². The summed E-state index contributed by atoms with van der Waals surface area (Å²) in [5, 5.41) is 0. The van der Waals surface area contributed by atoms with E-state index in [0.717, 1.165) is 13.8 Å². The van der Waals surface area contributed by atoms with Crippen LogP contribution in [0.5, 0.6) is 0 Å². The largest absolute Gasteiger partial charge is 0.465 e. The van der Waals surface area contributed by atoms with E-state index in [1.54, 1.807) is 0 Å². The standard InChI is InChI=1S/C8H11F3O3/c1-4-14-6(13)7(2,3)5(12)8(9,10)11/h4H2,1-3H3. The molecule has 6 heteroatoms. The van der Waals surface area contributed by atoms with Crippen LogP contribution in [-0.2, 0) is 14.3 Å². The van der Waals surface area contributed by atoms with Crippen LogP contribution in [0.3, 0.4) is 0 Å². The summed E-state index contributed by atoms with van der Waals surface area (Å²) in [6, 6.07) is 0. The minimum Gasteiger partial charge on any atom is -0.465 e. The number of ether oxygens (including phenoxy) is 1. The van der Waals surface area contributed by atoms with Crippen molar-refractivity contribution in [3.63, 3.8) is 0 Å². The first-order valence-electron chi connectivity index (χ1n) is 3.93.